The molecule has 2 heteroatoms. The van der Waals surface area contributed by atoms with E-state index in [9.17, 15) is 4.79 Å². The molecule has 1 saturated heterocycles. The molecule has 0 radical (unpaired) electrons. The average molecular weight is 167 g/mol. The van der Waals surface area contributed by atoms with Crippen molar-refractivity contribution in [1.82, 2.24) is 5.32 Å². The summed E-state index contributed by atoms with van der Waals surface area (Å²) in [5, 5.41) is 3.04. The molecule has 1 aliphatic heterocycles. The smallest absolute Gasteiger partial charge is 0.228 e. The second kappa shape index (κ2) is 2.75. The molecule has 12 heavy (non-hydrogen) atoms. The molecule has 2 fully saturated rings. The first-order valence-electron chi connectivity index (χ1n) is 5.10. The van der Waals surface area contributed by atoms with Gasteiger partial charge in [-0.1, -0.05) is 26.2 Å². The fraction of sp³-hybridized carbons (Fsp3) is 0.900. The van der Waals surface area contributed by atoms with Gasteiger partial charge in [-0.2, -0.15) is 0 Å². The summed E-state index contributed by atoms with van der Waals surface area (Å²) in [4.78, 5) is 11.4. The highest BCUT2D eigenvalue weighted by Crippen LogP contribution is 2.47. The molecule has 68 valence electrons. The first-order valence-corrected chi connectivity index (χ1v) is 5.10. The summed E-state index contributed by atoms with van der Waals surface area (Å²) < 4.78 is 0. The number of carbonyl (C=O) groups excluding carboxylic acids is 1. The van der Waals surface area contributed by atoms with Crippen LogP contribution in [0.5, 0.6) is 0 Å². The summed E-state index contributed by atoms with van der Waals surface area (Å²) in [5.74, 6) is 0.332. The quantitative estimate of drug-likeness (QED) is 0.625. The SMILES string of the molecule is CCCC1NC(=O)C12CCCC2. The van der Waals surface area contributed by atoms with Crippen LogP contribution in [0.25, 0.3) is 0 Å². The number of rotatable bonds is 2. The second-order valence-corrected chi connectivity index (χ2v) is 4.18. The van der Waals surface area contributed by atoms with Crippen LogP contribution in [0.1, 0.15) is 45.4 Å². The molecule has 1 unspecified atom stereocenters. The molecule has 2 nitrogen and oxygen atoms in total. The largest absolute Gasteiger partial charge is 0.352 e. The van der Waals surface area contributed by atoms with E-state index in [1.54, 1.807) is 0 Å². The maximum absolute atomic E-state index is 11.4. The van der Waals surface area contributed by atoms with Crippen LogP contribution in [0.3, 0.4) is 0 Å². The molecule has 1 N–H and O–H groups in total. The fourth-order valence-corrected chi connectivity index (χ4v) is 2.74. The van der Waals surface area contributed by atoms with Crippen molar-refractivity contribution in [3.8, 4) is 0 Å². The summed E-state index contributed by atoms with van der Waals surface area (Å²) in [7, 11) is 0. The topological polar surface area (TPSA) is 29.1 Å². The van der Waals surface area contributed by atoms with Crippen molar-refractivity contribution in [2.45, 2.75) is 51.5 Å². The summed E-state index contributed by atoms with van der Waals surface area (Å²) in [6, 6.07) is 0.512. The van der Waals surface area contributed by atoms with E-state index in [0.717, 1.165) is 12.8 Å². The van der Waals surface area contributed by atoms with Crippen LogP contribution in [-0.2, 0) is 4.79 Å². The van der Waals surface area contributed by atoms with E-state index >= 15 is 0 Å². The van der Waals surface area contributed by atoms with Gasteiger partial charge in [-0.15, -0.1) is 0 Å². The van der Waals surface area contributed by atoms with Crippen LogP contribution in [0.2, 0.25) is 0 Å². The number of hydrogen-bond acceptors (Lipinski definition) is 1. The minimum absolute atomic E-state index is 0.0933. The van der Waals surface area contributed by atoms with Gasteiger partial charge in [0.1, 0.15) is 0 Å². The normalized spacial score (nSPS) is 31.8. The summed E-state index contributed by atoms with van der Waals surface area (Å²) in [6.45, 7) is 2.19. The number of β-lactam (4-membered cyclic amide) rings is 1. The number of hydrogen-bond donors (Lipinski definition) is 1. The van der Waals surface area contributed by atoms with Crippen LogP contribution in [-0.4, -0.2) is 11.9 Å². The van der Waals surface area contributed by atoms with Crippen LogP contribution in [0.15, 0.2) is 0 Å². The van der Waals surface area contributed by atoms with Gasteiger partial charge < -0.3 is 5.32 Å². The van der Waals surface area contributed by atoms with Gasteiger partial charge in [0.2, 0.25) is 5.91 Å². The van der Waals surface area contributed by atoms with Crippen LogP contribution in [0, 0.1) is 5.41 Å². The first-order chi connectivity index (χ1) is 5.79. The Morgan fingerprint density at radius 2 is 2.17 bits per heavy atom. The lowest BCUT2D eigenvalue weighted by Gasteiger charge is -2.46. The molecular formula is C10H17NO. The Hall–Kier alpha value is -0.530. The van der Waals surface area contributed by atoms with Crippen molar-refractivity contribution >= 4 is 5.91 Å². The molecule has 1 aliphatic carbocycles. The standard InChI is InChI=1S/C10H17NO/c1-2-5-8-10(9(12)11-8)6-3-4-7-10/h8H,2-7H2,1H3,(H,11,12). The molecule has 0 aromatic heterocycles. The Balaban J connectivity index is 2.05. The molecule has 1 spiro atoms. The van der Waals surface area contributed by atoms with Gasteiger partial charge in [0.15, 0.2) is 0 Å². The number of amides is 1. The van der Waals surface area contributed by atoms with Gasteiger partial charge in [-0.05, 0) is 19.3 Å². The fourth-order valence-electron chi connectivity index (χ4n) is 2.74. The molecule has 0 aromatic carbocycles. The number of nitrogens with one attached hydrogen (secondary N) is 1. The van der Waals surface area contributed by atoms with Crippen molar-refractivity contribution < 1.29 is 4.79 Å². The lowest BCUT2D eigenvalue weighted by molar-refractivity contribution is -0.145. The minimum Gasteiger partial charge on any atom is -0.352 e. The molecule has 1 saturated carbocycles. The summed E-state index contributed by atoms with van der Waals surface area (Å²) in [6.07, 6.45) is 7.16. The minimum atomic E-state index is 0.0933. The molecule has 1 amide bonds. The third-order valence-corrected chi connectivity index (χ3v) is 3.50. The van der Waals surface area contributed by atoms with Crippen molar-refractivity contribution in [3.63, 3.8) is 0 Å². The van der Waals surface area contributed by atoms with Gasteiger partial charge >= 0.3 is 0 Å². The zero-order valence-corrected chi connectivity index (χ0v) is 7.73. The van der Waals surface area contributed by atoms with Gasteiger partial charge in [-0.3, -0.25) is 4.79 Å². The highest BCUT2D eigenvalue weighted by atomic mass is 16.2. The molecule has 0 bridgehead atoms. The molecule has 1 atom stereocenters. The van der Waals surface area contributed by atoms with Gasteiger partial charge in [0, 0.05) is 6.04 Å². The van der Waals surface area contributed by atoms with Gasteiger partial charge in [0.25, 0.3) is 0 Å². The monoisotopic (exact) mass is 167 g/mol. The molecule has 1 heterocycles. The Kier molecular flexibility index (Phi) is 1.85. The van der Waals surface area contributed by atoms with Crippen LogP contribution < -0.4 is 5.32 Å². The third kappa shape index (κ3) is 0.900. The lowest BCUT2D eigenvalue weighted by Crippen LogP contribution is -2.65. The van der Waals surface area contributed by atoms with E-state index in [1.165, 1.54) is 25.7 Å². The van der Waals surface area contributed by atoms with Gasteiger partial charge in [0.05, 0.1) is 5.41 Å². The van der Waals surface area contributed by atoms with Crippen molar-refractivity contribution in [2.24, 2.45) is 5.41 Å². The highest BCUT2D eigenvalue weighted by Gasteiger charge is 2.54. The zero-order valence-electron chi connectivity index (χ0n) is 7.73. The maximum Gasteiger partial charge on any atom is 0.228 e. The Bertz CT molecular complexity index is 194. The highest BCUT2D eigenvalue weighted by molar-refractivity contribution is 5.90. The molecule has 2 aliphatic rings. The van der Waals surface area contributed by atoms with Crippen molar-refractivity contribution in [3.05, 3.63) is 0 Å². The van der Waals surface area contributed by atoms with E-state index in [0.29, 0.717) is 11.9 Å². The Morgan fingerprint density at radius 3 is 2.67 bits per heavy atom. The molecular weight excluding hydrogens is 150 g/mol. The zero-order chi connectivity index (χ0) is 8.60. The third-order valence-electron chi connectivity index (χ3n) is 3.50. The molecule has 2 rings (SSSR count). The van der Waals surface area contributed by atoms with E-state index in [2.05, 4.69) is 12.2 Å². The summed E-state index contributed by atoms with van der Waals surface area (Å²) >= 11 is 0. The predicted molar refractivity (Wildman–Crippen MR) is 47.7 cm³/mol. The van der Waals surface area contributed by atoms with E-state index < -0.39 is 0 Å². The Labute approximate surface area is 73.7 Å². The maximum atomic E-state index is 11.4. The number of carbonyl (C=O) groups is 1. The second-order valence-electron chi connectivity index (χ2n) is 4.18. The van der Waals surface area contributed by atoms with E-state index in [1.807, 2.05) is 0 Å². The van der Waals surface area contributed by atoms with Crippen LogP contribution in [0.4, 0.5) is 0 Å². The van der Waals surface area contributed by atoms with Crippen molar-refractivity contribution in [2.75, 3.05) is 0 Å². The molecule has 0 aromatic rings. The average Bonchev–Trinajstić information content (AvgIpc) is 2.55. The predicted octanol–water partition coefficient (Wildman–Crippen LogP) is 1.85. The van der Waals surface area contributed by atoms with Gasteiger partial charge in [-0.25, -0.2) is 0 Å². The van der Waals surface area contributed by atoms with E-state index in [4.69, 9.17) is 0 Å². The van der Waals surface area contributed by atoms with Crippen LogP contribution >= 0.6 is 0 Å². The Morgan fingerprint density at radius 1 is 1.50 bits per heavy atom. The lowest BCUT2D eigenvalue weighted by atomic mass is 9.69. The van der Waals surface area contributed by atoms with E-state index in [-0.39, 0.29) is 5.41 Å². The van der Waals surface area contributed by atoms with Crippen molar-refractivity contribution in [1.29, 1.82) is 0 Å². The first kappa shape index (κ1) is 8.09. The summed E-state index contributed by atoms with van der Waals surface area (Å²) in [5.41, 5.74) is 0.0933.